The van der Waals surface area contributed by atoms with Gasteiger partial charge in [-0.2, -0.15) is 0 Å². The van der Waals surface area contributed by atoms with Crippen molar-refractivity contribution >= 4 is 11.6 Å². The van der Waals surface area contributed by atoms with Crippen molar-refractivity contribution in [2.75, 3.05) is 26.3 Å². The molecular weight excluding hydrogens is 314 g/mol. The van der Waals surface area contributed by atoms with Crippen LogP contribution in [-0.4, -0.2) is 41.6 Å². The summed E-state index contributed by atoms with van der Waals surface area (Å²) in [6, 6.07) is 6.12. The van der Waals surface area contributed by atoms with Crippen LogP contribution in [0.3, 0.4) is 0 Å². The number of ether oxygens (including phenoxy) is 1. The summed E-state index contributed by atoms with van der Waals surface area (Å²) in [6.45, 7) is 12.3. The number of guanidine groups is 1. The largest absolute Gasteiger partial charge is 0.381 e. The van der Waals surface area contributed by atoms with Crippen molar-refractivity contribution in [1.82, 2.24) is 20.0 Å². The molecule has 0 aliphatic heterocycles. The molecule has 2 heterocycles. The van der Waals surface area contributed by atoms with Gasteiger partial charge in [0.2, 0.25) is 0 Å². The molecule has 0 unspecified atom stereocenters. The zero-order valence-corrected chi connectivity index (χ0v) is 15.9. The summed E-state index contributed by atoms with van der Waals surface area (Å²) in [5.41, 5.74) is 3.10. The molecule has 0 bridgehead atoms. The predicted molar refractivity (Wildman–Crippen MR) is 103 cm³/mol. The van der Waals surface area contributed by atoms with Crippen LogP contribution in [0.5, 0.6) is 0 Å². The van der Waals surface area contributed by atoms with Crippen molar-refractivity contribution in [1.29, 1.82) is 0 Å². The number of aryl methyl sites for hydroxylation is 1. The van der Waals surface area contributed by atoms with Gasteiger partial charge in [0.15, 0.2) is 5.96 Å². The summed E-state index contributed by atoms with van der Waals surface area (Å²) >= 11 is 0. The molecule has 0 amide bonds. The third-order valence-corrected chi connectivity index (χ3v) is 3.70. The molecule has 0 fully saturated rings. The SMILES string of the molecule is CCNC(=NCc1cn2c(C)cccc2n1)NCCCOCC(C)C. The van der Waals surface area contributed by atoms with Crippen LogP contribution in [0.1, 0.15) is 38.6 Å². The van der Waals surface area contributed by atoms with E-state index in [0.29, 0.717) is 12.5 Å². The Balaban J connectivity index is 1.84. The maximum atomic E-state index is 5.60. The maximum absolute atomic E-state index is 5.60. The summed E-state index contributed by atoms with van der Waals surface area (Å²) in [4.78, 5) is 9.26. The standard InChI is InChI=1S/C19H31N5O/c1-5-20-19(21-10-7-11-25-14-15(2)3)22-12-17-13-24-16(4)8-6-9-18(24)23-17/h6,8-9,13,15H,5,7,10-12,14H2,1-4H3,(H2,20,21,22). The van der Waals surface area contributed by atoms with Crippen LogP contribution in [0.15, 0.2) is 29.4 Å². The van der Waals surface area contributed by atoms with Crippen molar-refractivity contribution in [3.63, 3.8) is 0 Å². The predicted octanol–water partition coefficient (Wildman–Crippen LogP) is 2.76. The number of aliphatic imine (C=N–C) groups is 1. The average Bonchev–Trinajstić information content (AvgIpc) is 3.00. The first-order valence-electron chi connectivity index (χ1n) is 9.13. The Morgan fingerprint density at radius 1 is 1.32 bits per heavy atom. The Bertz CT molecular complexity index is 678. The van der Waals surface area contributed by atoms with Crippen molar-refractivity contribution in [2.45, 2.75) is 40.7 Å². The van der Waals surface area contributed by atoms with Gasteiger partial charge < -0.3 is 19.8 Å². The first-order valence-corrected chi connectivity index (χ1v) is 9.13. The molecule has 2 N–H and O–H groups in total. The molecule has 0 spiro atoms. The Hall–Kier alpha value is -2.08. The molecule has 138 valence electrons. The first-order chi connectivity index (χ1) is 12.1. The molecule has 0 aliphatic rings. The molecule has 0 saturated heterocycles. The van der Waals surface area contributed by atoms with Gasteiger partial charge in [-0.15, -0.1) is 0 Å². The highest BCUT2D eigenvalue weighted by Gasteiger charge is 2.03. The Morgan fingerprint density at radius 3 is 2.88 bits per heavy atom. The van der Waals surface area contributed by atoms with Crippen LogP contribution < -0.4 is 10.6 Å². The first kappa shape index (κ1) is 19.2. The van der Waals surface area contributed by atoms with E-state index in [1.807, 2.05) is 12.1 Å². The van der Waals surface area contributed by atoms with Crippen molar-refractivity contribution in [3.8, 4) is 0 Å². The highest BCUT2D eigenvalue weighted by atomic mass is 16.5. The molecule has 0 aliphatic carbocycles. The third-order valence-electron chi connectivity index (χ3n) is 3.70. The lowest BCUT2D eigenvalue weighted by molar-refractivity contribution is 0.108. The van der Waals surface area contributed by atoms with E-state index in [1.54, 1.807) is 0 Å². The maximum Gasteiger partial charge on any atom is 0.191 e. The van der Waals surface area contributed by atoms with E-state index in [0.717, 1.165) is 50.0 Å². The van der Waals surface area contributed by atoms with Crippen LogP contribution in [0, 0.1) is 12.8 Å². The number of aromatic nitrogens is 2. The fraction of sp³-hybridized carbons (Fsp3) is 0.579. The van der Waals surface area contributed by atoms with Crippen molar-refractivity contribution < 1.29 is 4.74 Å². The molecule has 2 aromatic rings. The smallest absolute Gasteiger partial charge is 0.191 e. The van der Waals surface area contributed by atoms with Gasteiger partial charge in [-0.3, -0.25) is 0 Å². The third kappa shape index (κ3) is 6.38. The molecule has 6 nitrogen and oxygen atoms in total. The summed E-state index contributed by atoms with van der Waals surface area (Å²) in [5, 5.41) is 6.62. The lowest BCUT2D eigenvalue weighted by Crippen LogP contribution is -2.38. The Labute approximate surface area is 150 Å². The molecule has 25 heavy (non-hydrogen) atoms. The molecule has 0 radical (unpaired) electrons. The number of imidazole rings is 1. The normalized spacial score (nSPS) is 12.1. The Kier molecular flexibility index (Phi) is 7.73. The highest BCUT2D eigenvalue weighted by Crippen LogP contribution is 2.09. The minimum atomic E-state index is 0.556. The van der Waals surface area contributed by atoms with Crippen LogP contribution in [0.4, 0.5) is 0 Å². The Morgan fingerprint density at radius 2 is 2.16 bits per heavy atom. The van der Waals surface area contributed by atoms with Crippen LogP contribution in [0.25, 0.3) is 5.65 Å². The number of pyridine rings is 1. The molecule has 2 rings (SSSR count). The number of fused-ring (bicyclic) bond motifs is 1. The van der Waals surface area contributed by atoms with Gasteiger partial charge in [0.25, 0.3) is 0 Å². The summed E-state index contributed by atoms with van der Waals surface area (Å²) in [5.74, 6) is 1.40. The van der Waals surface area contributed by atoms with E-state index >= 15 is 0 Å². The number of rotatable bonds is 9. The lowest BCUT2D eigenvalue weighted by atomic mass is 10.2. The van der Waals surface area contributed by atoms with E-state index in [2.05, 4.69) is 65.0 Å². The van der Waals surface area contributed by atoms with Gasteiger partial charge >= 0.3 is 0 Å². The van der Waals surface area contributed by atoms with Crippen LogP contribution in [-0.2, 0) is 11.3 Å². The monoisotopic (exact) mass is 345 g/mol. The summed E-state index contributed by atoms with van der Waals surface area (Å²) < 4.78 is 7.69. The number of hydrogen-bond acceptors (Lipinski definition) is 3. The second-order valence-electron chi connectivity index (χ2n) is 6.57. The molecule has 0 aromatic carbocycles. The van der Waals surface area contributed by atoms with Crippen LogP contribution in [0.2, 0.25) is 0 Å². The van der Waals surface area contributed by atoms with Gasteiger partial charge in [0, 0.05) is 38.2 Å². The molecule has 0 saturated carbocycles. The van der Waals surface area contributed by atoms with E-state index < -0.39 is 0 Å². The van der Waals surface area contributed by atoms with Crippen molar-refractivity contribution in [3.05, 3.63) is 35.8 Å². The zero-order valence-electron chi connectivity index (χ0n) is 15.9. The van der Waals surface area contributed by atoms with Crippen LogP contribution >= 0.6 is 0 Å². The van der Waals surface area contributed by atoms with Gasteiger partial charge in [0.1, 0.15) is 5.65 Å². The molecule has 6 heteroatoms. The highest BCUT2D eigenvalue weighted by molar-refractivity contribution is 5.79. The average molecular weight is 345 g/mol. The fourth-order valence-corrected chi connectivity index (χ4v) is 2.48. The van der Waals surface area contributed by atoms with E-state index in [9.17, 15) is 0 Å². The molecule has 2 aromatic heterocycles. The van der Waals surface area contributed by atoms with Crippen molar-refractivity contribution in [2.24, 2.45) is 10.9 Å². The molecule has 0 atom stereocenters. The zero-order chi connectivity index (χ0) is 18.1. The summed E-state index contributed by atoms with van der Waals surface area (Å²) in [7, 11) is 0. The number of nitrogens with one attached hydrogen (secondary N) is 2. The van der Waals surface area contributed by atoms with Gasteiger partial charge in [-0.05, 0) is 38.3 Å². The topological polar surface area (TPSA) is 63.0 Å². The second-order valence-corrected chi connectivity index (χ2v) is 6.57. The fourth-order valence-electron chi connectivity index (χ4n) is 2.48. The minimum absolute atomic E-state index is 0.556. The quantitative estimate of drug-likeness (QED) is 0.417. The summed E-state index contributed by atoms with van der Waals surface area (Å²) in [6.07, 6.45) is 3.02. The van der Waals surface area contributed by atoms with Gasteiger partial charge in [0.05, 0.1) is 12.2 Å². The van der Waals surface area contributed by atoms with E-state index in [4.69, 9.17) is 4.74 Å². The number of hydrogen-bond donors (Lipinski definition) is 2. The van der Waals surface area contributed by atoms with E-state index in [-0.39, 0.29) is 0 Å². The van der Waals surface area contributed by atoms with Gasteiger partial charge in [-0.1, -0.05) is 19.9 Å². The molecular formula is C19H31N5O. The van der Waals surface area contributed by atoms with Gasteiger partial charge in [-0.25, -0.2) is 9.98 Å². The minimum Gasteiger partial charge on any atom is -0.381 e. The lowest BCUT2D eigenvalue weighted by Gasteiger charge is -2.11. The number of nitrogens with zero attached hydrogens (tertiary/aromatic N) is 3. The van der Waals surface area contributed by atoms with E-state index in [1.165, 1.54) is 5.69 Å². The second kappa shape index (κ2) is 10.0.